The number of aromatic nitrogens is 2. The molecule has 26 heavy (non-hydrogen) atoms. The lowest BCUT2D eigenvalue weighted by Gasteiger charge is -2.14. The molecule has 0 spiro atoms. The highest BCUT2D eigenvalue weighted by Crippen LogP contribution is 2.45. The van der Waals surface area contributed by atoms with Gasteiger partial charge in [0.1, 0.15) is 10.8 Å². The van der Waals surface area contributed by atoms with Crippen molar-refractivity contribution in [2.75, 3.05) is 0 Å². The van der Waals surface area contributed by atoms with E-state index in [1.807, 2.05) is 0 Å². The fraction of sp³-hybridized carbons (Fsp3) is 0.353. The molecule has 9 heteroatoms. The lowest BCUT2D eigenvalue weighted by Crippen LogP contribution is -2.23. The summed E-state index contributed by atoms with van der Waals surface area (Å²) in [5.74, 6) is -0.549. The Kier molecular flexibility index (Phi) is 5.50. The summed E-state index contributed by atoms with van der Waals surface area (Å²) in [5, 5.41) is 14.7. The quantitative estimate of drug-likeness (QED) is 0.675. The average Bonchev–Trinajstić information content (AvgIpc) is 3.37. The first kappa shape index (κ1) is 19.1. The van der Waals surface area contributed by atoms with Gasteiger partial charge in [-0.05, 0) is 31.9 Å². The van der Waals surface area contributed by atoms with E-state index in [4.69, 9.17) is 33.0 Å². The zero-order chi connectivity index (χ0) is 19.0. The molecule has 2 aromatic rings. The SMILES string of the molecule is C[C@H](Oc1cc(Sc2c(C=O)c(C3CC3)nn2C)c(Cl)cc1Cl)C(=O)O. The number of ether oxygens (including phenoxy) is 1. The van der Waals surface area contributed by atoms with Crippen LogP contribution in [0.5, 0.6) is 5.75 Å². The molecule has 1 fully saturated rings. The molecular formula is C17H16Cl2N2O4S. The van der Waals surface area contributed by atoms with Gasteiger partial charge in [-0.15, -0.1) is 0 Å². The first-order chi connectivity index (χ1) is 12.3. The highest BCUT2D eigenvalue weighted by molar-refractivity contribution is 7.99. The molecule has 1 atom stereocenters. The van der Waals surface area contributed by atoms with Crippen molar-refractivity contribution in [2.45, 2.75) is 41.7 Å². The first-order valence-corrected chi connectivity index (χ1v) is 9.47. The lowest BCUT2D eigenvalue weighted by atomic mass is 10.2. The topological polar surface area (TPSA) is 81.4 Å². The van der Waals surface area contributed by atoms with Crippen molar-refractivity contribution >= 4 is 47.2 Å². The van der Waals surface area contributed by atoms with E-state index in [0.29, 0.717) is 26.4 Å². The normalized spacial score (nSPS) is 14.9. The van der Waals surface area contributed by atoms with Gasteiger partial charge >= 0.3 is 5.97 Å². The molecule has 0 bridgehead atoms. The molecular weight excluding hydrogens is 399 g/mol. The Hall–Kier alpha value is -1.70. The van der Waals surface area contributed by atoms with Crippen molar-refractivity contribution in [1.82, 2.24) is 9.78 Å². The molecule has 0 aliphatic heterocycles. The van der Waals surface area contributed by atoms with E-state index in [0.717, 1.165) is 24.8 Å². The number of carbonyl (C=O) groups excluding carboxylic acids is 1. The summed E-state index contributed by atoms with van der Waals surface area (Å²) in [7, 11) is 1.77. The van der Waals surface area contributed by atoms with E-state index in [1.165, 1.54) is 24.8 Å². The molecule has 3 rings (SSSR count). The van der Waals surface area contributed by atoms with Crippen molar-refractivity contribution < 1.29 is 19.4 Å². The minimum Gasteiger partial charge on any atom is -0.479 e. The minimum absolute atomic E-state index is 0.214. The number of hydrogen-bond donors (Lipinski definition) is 1. The summed E-state index contributed by atoms with van der Waals surface area (Å²) in [6, 6.07) is 3.07. The number of nitrogens with zero attached hydrogens (tertiary/aromatic N) is 2. The molecule has 0 radical (unpaired) electrons. The Bertz CT molecular complexity index is 880. The van der Waals surface area contributed by atoms with Gasteiger partial charge in [-0.25, -0.2) is 4.79 Å². The van der Waals surface area contributed by atoms with Gasteiger partial charge in [0, 0.05) is 17.9 Å². The predicted octanol–water partition coefficient (Wildman–Crippen LogP) is 4.42. The zero-order valence-corrected chi connectivity index (χ0v) is 16.4. The second-order valence-electron chi connectivity index (χ2n) is 6.03. The third kappa shape index (κ3) is 3.84. The van der Waals surface area contributed by atoms with Crippen molar-refractivity contribution in [3.63, 3.8) is 0 Å². The van der Waals surface area contributed by atoms with Crippen molar-refractivity contribution in [3.8, 4) is 5.75 Å². The number of aryl methyl sites for hydroxylation is 1. The van der Waals surface area contributed by atoms with Crippen LogP contribution in [0.3, 0.4) is 0 Å². The Morgan fingerprint density at radius 1 is 1.42 bits per heavy atom. The van der Waals surface area contributed by atoms with Gasteiger partial charge in [0.2, 0.25) is 0 Å². The fourth-order valence-corrected chi connectivity index (χ4v) is 3.97. The molecule has 1 heterocycles. The molecule has 1 N–H and O–H groups in total. The molecule has 1 aliphatic rings. The van der Waals surface area contributed by atoms with Crippen LogP contribution in [-0.4, -0.2) is 33.2 Å². The summed E-state index contributed by atoms with van der Waals surface area (Å²) in [4.78, 5) is 23.2. The molecule has 0 saturated heterocycles. The second kappa shape index (κ2) is 7.50. The minimum atomic E-state index is -1.10. The highest BCUT2D eigenvalue weighted by atomic mass is 35.5. The number of aliphatic carboxylic acids is 1. The Morgan fingerprint density at radius 3 is 2.69 bits per heavy atom. The molecule has 1 aromatic heterocycles. The maximum Gasteiger partial charge on any atom is 0.344 e. The van der Waals surface area contributed by atoms with E-state index in [-0.39, 0.29) is 10.8 Å². The van der Waals surface area contributed by atoms with Gasteiger partial charge in [0.25, 0.3) is 0 Å². The zero-order valence-electron chi connectivity index (χ0n) is 14.0. The van der Waals surface area contributed by atoms with E-state index >= 15 is 0 Å². The Balaban J connectivity index is 1.95. The Labute approximate surface area is 164 Å². The predicted molar refractivity (Wildman–Crippen MR) is 98.9 cm³/mol. The molecule has 6 nitrogen and oxygen atoms in total. The molecule has 0 amide bonds. The van der Waals surface area contributed by atoms with Gasteiger partial charge in [-0.1, -0.05) is 35.0 Å². The van der Waals surface area contributed by atoms with Crippen LogP contribution in [0.4, 0.5) is 0 Å². The van der Waals surface area contributed by atoms with Crippen LogP contribution in [0, 0.1) is 0 Å². The van der Waals surface area contributed by atoms with Gasteiger partial charge in [-0.3, -0.25) is 9.48 Å². The van der Waals surface area contributed by atoms with Gasteiger partial charge in [-0.2, -0.15) is 5.10 Å². The monoisotopic (exact) mass is 414 g/mol. The van der Waals surface area contributed by atoms with E-state index in [1.54, 1.807) is 17.8 Å². The number of hydrogen-bond acceptors (Lipinski definition) is 5. The number of carboxylic acids is 1. The summed E-state index contributed by atoms with van der Waals surface area (Å²) in [5.41, 5.74) is 1.37. The smallest absolute Gasteiger partial charge is 0.344 e. The maximum absolute atomic E-state index is 11.6. The number of benzene rings is 1. The third-order valence-electron chi connectivity index (χ3n) is 3.98. The number of aldehydes is 1. The van der Waals surface area contributed by atoms with Crippen LogP contribution < -0.4 is 4.74 Å². The van der Waals surface area contributed by atoms with E-state index in [9.17, 15) is 9.59 Å². The van der Waals surface area contributed by atoms with Crippen LogP contribution in [0.2, 0.25) is 10.0 Å². The summed E-state index contributed by atoms with van der Waals surface area (Å²) in [6.45, 7) is 1.41. The van der Waals surface area contributed by atoms with Gasteiger partial charge in [0.15, 0.2) is 12.4 Å². The molecule has 138 valence electrons. The maximum atomic E-state index is 11.6. The van der Waals surface area contributed by atoms with Crippen molar-refractivity contribution in [2.24, 2.45) is 7.05 Å². The number of carboxylic acid groups (broad SMARTS) is 1. The summed E-state index contributed by atoms with van der Waals surface area (Å²) >= 11 is 13.7. The third-order valence-corrected chi connectivity index (χ3v) is 5.94. The summed E-state index contributed by atoms with van der Waals surface area (Å²) in [6.07, 6.45) is 1.83. The van der Waals surface area contributed by atoms with Gasteiger partial charge in [0.05, 0.1) is 21.3 Å². The number of carbonyl (C=O) groups is 2. The molecule has 1 saturated carbocycles. The first-order valence-electron chi connectivity index (χ1n) is 7.90. The standard InChI is InChI=1S/C17H16Cl2N2O4S/c1-8(17(23)24)25-13-6-14(12(19)5-11(13)18)26-16-10(7-22)15(9-3-4-9)20-21(16)2/h5-9H,3-4H2,1-2H3,(H,23,24)/t8-/m0/s1. The van der Waals surface area contributed by atoms with Gasteiger partial charge < -0.3 is 9.84 Å². The molecule has 0 unspecified atom stereocenters. The van der Waals surface area contributed by atoms with E-state index in [2.05, 4.69) is 5.10 Å². The van der Waals surface area contributed by atoms with E-state index < -0.39 is 12.1 Å². The average molecular weight is 415 g/mol. The fourth-order valence-electron chi connectivity index (χ4n) is 2.46. The van der Waals surface area contributed by atoms with Crippen LogP contribution in [0.1, 0.15) is 41.7 Å². The summed E-state index contributed by atoms with van der Waals surface area (Å²) < 4.78 is 7.04. The molecule has 1 aromatic carbocycles. The van der Waals surface area contributed by atoms with Crippen molar-refractivity contribution in [3.05, 3.63) is 33.4 Å². The Morgan fingerprint density at radius 2 is 2.12 bits per heavy atom. The highest BCUT2D eigenvalue weighted by Gasteiger charge is 2.31. The van der Waals surface area contributed by atoms with Crippen LogP contribution >= 0.6 is 35.0 Å². The van der Waals surface area contributed by atoms with Crippen LogP contribution in [0.25, 0.3) is 0 Å². The van der Waals surface area contributed by atoms with Crippen LogP contribution in [0.15, 0.2) is 22.1 Å². The largest absolute Gasteiger partial charge is 0.479 e. The second-order valence-corrected chi connectivity index (χ2v) is 7.88. The number of rotatable bonds is 7. The number of halogens is 2. The van der Waals surface area contributed by atoms with Crippen LogP contribution in [-0.2, 0) is 11.8 Å². The molecule has 1 aliphatic carbocycles. The van der Waals surface area contributed by atoms with Crippen molar-refractivity contribution in [1.29, 1.82) is 0 Å². The lowest BCUT2D eigenvalue weighted by molar-refractivity contribution is -0.144.